The first kappa shape index (κ1) is 7.85. The number of esters is 1. The molecule has 5 atom stereocenters. The lowest BCUT2D eigenvalue weighted by molar-refractivity contribution is -0.142. The van der Waals surface area contributed by atoms with Gasteiger partial charge in [0.1, 0.15) is 11.0 Å². The number of rotatable bonds is 0. The normalized spacial score (nSPS) is 61.0. The maximum absolute atomic E-state index is 11.4. The van der Waals surface area contributed by atoms with Gasteiger partial charge in [0, 0.05) is 5.92 Å². The molecule has 0 unspecified atom stereocenters. The fourth-order valence-corrected chi connectivity index (χ4v) is 4.51. The molecule has 2 nitrogen and oxygen atoms in total. The zero-order valence-electron chi connectivity index (χ0n) is 6.30. The average Bonchev–Trinajstić information content (AvgIpc) is 2.53. The van der Waals surface area contributed by atoms with E-state index >= 15 is 0 Å². The Morgan fingerprint density at radius 3 is 3.00 bits per heavy atom. The highest BCUT2D eigenvalue weighted by atomic mass is 127. The minimum absolute atomic E-state index is 0.120. The highest BCUT2D eigenvalue weighted by Gasteiger charge is 2.69. The molecule has 0 spiro atoms. The van der Waals surface area contributed by atoms with Gasteiger partial charge < -0.3 is 4.74 Å². The first-order chi connectivity index (χ1) is 5.63. The molecular weight excluding hydrogens is 290 g/mol. The fourth-order valence-electron chi connectivity index (χ4n) is 2.86. The molecule has 12 heavy (non-hydrogen) atoms. The van der Waals surface area contributed by atoms with Gasteiger partial charge in [-0.2, -0.15) is 0 Å². The van der Waals surface area contributed by atoms with Gasteiger partial charge in [-0.25, -0.2) is 0 Å². The largest absolute Gasteiger partial charge is 0.460 e. The van der Waals surface area contributed by atoms with Crippen LogP contribution in [-0.4, -0.2) is 20.9 Å². The summed E-state index contributed by atoms with van der Waals surface area (Å²) in [7, 11) is 0. The van der Waals surface area contributed by atoms with Crippen LogP contribution >= 0.6 is 34.2 Å². The molecule has 0 aromatic rings. The molecule has 0 amide bonds. The molecule has 66 valence electrons. The fraction of sp³-hybridized carbons (Fsp3) is 0.875. The number of carbonyl (C=O) groups excluding carboxylic acids is 1. The first-order valence-corrected chi connectivity index (χ1v) is 5.79. The van der Waals surface area contributed by atoms with Crippen LogP contribution < -0.4 is 0 Å². The molecule has 0 aromatic heterocycles. The second-order valence-corrected chi connectivity index (χ2v) is 6.10. The van der Waals surface area contributed by atoms with E-state index in [9.17, 15) is 4.79 Å². The second kappa shape index (κ2) is 2.11. The summed E-state index contributed by atoms with van der Waals surface area (Å²) in [4.78, 5) is 10.8. The lowest BCUT2D eigenvalue weighted by Crippen LogP contribution is -2.36. The molecule has 0 N–H and O–H groups in total. The van der Waals surface area contributed by atoms with E-state index in [1.54, 1.807) is 0 Å². The summed E-state index contributed by atoms with van der Waals surface area (Å²) in [6.45, 7) is 0. The number of hydrogen-bond donors (Lipinski definition) is 0. The summed E-state index contributed by atoms with van der Waals surface area (Å²) >= 11 is 8.63. The van der Waals surface area contributed by atoms with Crippen LogP contribution in [0.2, 0.25) is 0 Å². The van der Waals surface area contributed by atoms with E-state index in [1.165, 1.54) is 0 Å². The summed E-state index contributed by atoms with van der Waals surface area (Å²) < 4.78 is 5.78. The van der Waals surface area contributed by atoms with E-state index < -0.39 is 4.87 Å². The van der Waals surface area contributed by atoms with Gasteiger partial charge >= 0.3 is 5.97 Å². The minimum Gasteiger partial charge on any atom is -0.460 e. The van der Waals surface area contributed by atoms with Crippen LogP contribution in [0.1, 0.15) is 12.8 Å². The number of alkyl halides is 2. The molecular formula is C8H8ClIO2. The molecule has 1 saturated heterocycles. The van der Waals surface area contributed by atoms with Crippen molar-refractivity contribution in [1.29, 1.82) is 0 Å². The highest BCUT2D eigenvalue weighted by Crippen LogP contribution is 2.61. The summed E-state index contributed by atoms with van der Waals surface area (Å²) in [5.41, 5.74) is 0. The Morgan fingerprint density at radius 1 is 1.67 bits per heavy atom. The van der Waals surface area contributed by atoms with Crippen molar-refractivity contribution < 1.29 is 9.53 Å². The van der Waals surface area contributed by atoms with E-state index in [0.717, 1.165) is 12.8 Å². The number of halogens is 2. The molecule has 2 saturated carbocycles. The van der Waals surface area contributed by atoms with E-state index in [1.807, 2.05) is 0 Å². The Bertz CT molecular complexity index is 270. The monoisotopic (exact) mass is 298 g/mol. The Kier molecular flexibility index (Phi) is 1.38. The quantitative estimate of drug-likeness (QED) is 0.387. The Morgan fingerprint density at radius 2 is 2.42 bits per heavy atom. The number of ether oxygens (including phenoxy) is 1. The van der Waals surface area contributed by atoms with Crippen molar-refractivity contribution in [2.75, 3.05) is 0 Å². The molecule has 0 aromatic carbocycles. The molecule has 1 heterocycles. The predicted octanol–water partition coefficient (Wildman–Crippen LogP) is 1.73. The van der Waals surface area contributed by atoms with Crippen LogP contribution in [-0.2, 0) is 9.53 Å². The SMILES string of the molecule is O=C1O[C@@H]2[C@@H](I)[C@H]3C[C@H]2[C@]1(Cl)C3. The number of carbonyl (C=O) groups is 1. The Labute approximate surface area is 89.1 Å². The first-order valence-electron chi connectivity index (χ1n) is 4.17. The lowest BCUT2D eigenvalue weighted by atomic mass is 9.89. The summed E-state index contributed by atoms with van der Waals surface area (Å²) in [6, 6.07) is 0. The zero-order valence-corrected chi connectivity index (χ0v) is 9.21. The zero-order chi connectivity index (χ0) is 8.51. The molecule has 3 fully saturated rings. The van der Waals surface area contributed by atoms with Crippen LogP contribution in [0.3, 0.4) is 0 Å². The van der Waals surface area contributed by atoms with Crippen molar-refractivity contribution in [3.63, 3.8) is 0 Å². The lowest BCUT2D eigenvalue weighted by Gasteiger charge is -2.24. The molecule has 4 heteroatoms. The van der Waals surface area contributed by atoms with Crippen molar-refractivity contribution in [2.45, 2.75) is 27.7 Å². The number of fused-ring (bicyclic) bond motifs is 1. The van der Waals surface area contributed by atoms with Gasteiger partial charge in [-0.05, 0) is 18.8 Å². The second-order valence-electron chi connectivity index (χ2n) is 3.98. The molecule has 3 rings (SSSR count). The molecule has 0 radical (unpaired) electrons. The third kappa shape index (κ3) is 0.672. The maximum Gasteiger partial charge on any atom is 0.327 e. The van der Waals surface area contributed by atoms with Crippen molar-refractivity contribution >= 4 is 40.2 Å². The van der Waals surface area contributed by atoms with Crippen molar-refractivity contribution in [1.82, 2.24) is 0 Å². The van der Waals surface area contributed by atoms with Gasteiger partial charge in [0.15, 0.2) is 0 Å². The van der Waals surface area contributed by atoms with Crippen molar-refractivity contribution in [2.24, 2.45) is 11.8 Å². The summed E-state index contributed by atoms with van der Waals surface area (Å²) in [6.07, 6.45) is 2.05. The van der Waals surface area contributed by atoms with Gasteiger partial charge in [-0.1, -0.05) is 22.6 Å². The van der Waals surface area contributed by atoms with Gasteiger partial charge in [0.05, 0.1) is 3.92 Å². The molecule has 2 aliphatic carbocycles. The number of hydrogen-bond acceptors (Lipinski definition) is 2. The molecule has 2 bridgehead atoms. The van der Waals surface area contributed by atoms with Gasteiger partial charge in [-0.15, -0.1) is 11.6 Å². The third-order valence-corrected chi connectivity index (χ3v) is 5.76. The third-order valence-electron chi connectivity index (χ3n) is 3.45. The predicted molar refractivity (Wildman–Crippen MR) is 52.5 cm³/mol. The van der Waals surface area contributed by atoms with Gasteiger partial charge in [0.25, 0.3) is 0 Å². The van der Waals surface area contributed by atoms with E-state index in [4.69, 9.17) is 16.3 Å². The van der Waals surface area contributed by atoms with Crippen LogP contribution in [0.15, 0.2) is 0 Å². The topological polar surface area (TPSA) is 26.3 Å². The average molecular weight is 299 g/mol. The standard InChI is InChI=1S/C8H8ClIO2/c9-8-2-3-1-4(8)6(5(3)10)12-7(8)11/h3-6H,1-2H2/t3-,4+,5-,6-,8+/m0/s1. The van der Waals surface area contributed by atoms with Gasteiger partial charge in [-0.3, -0.25) is 4.79 Å². The van der Waals surface area contributed by atoms with Crippen LogP contribution in [0.5, 0.6) is 0 Å². The van der Waals surface area contributed by atoms with Crippen LogP contribution in [0, 0.1) is 11.8 Å². The maximum atomic E-state index is 11.4. The molecule has 3 aliphatic rings. The van der Waals surface area contributed by atoms with Gasteiger partial charge in [0.2, 0.25) is 0 Å². The Hall–Kier alpha value is 0.490. The Balaban J connectivity index is 2.09. The van der Waals surface area contributed by atoms with Crippen molar-refractivity contribution in [3.8, 4) is 0 Å². The van der Waals surface area contributed by atoms with Crippen LogP contribution in [0.4, 0.5) is 0 Å². The van der Waals surface area contributed by atoms with E-state index in [2.05, 4.69) is 22.6 Å². The van der Waals surface area contributed by atoms with Crippen LogP contribution in [0.25, 0.3) is 0 Å². The smallest absolute Gasteiger partial charge is 0.327 e. The highest BCUT2D eigenvalue weighted by molar-refractivity contribution is 14.1. The molecule has 1 aliphatic heterocycles. The van der Waals surface area contributed by atoms with E-state index in [-0.39, 0.29) is 12.1 Å². The summed E-state index contributed by atoms with van der Waals surface area (Å²) in [5, 5.41) is 0. The minimum atomic E-state index is -0.628. The van der Waals surface area contributed by atoms with E-state index in [0.29, 0.717) is 15.8 Å². The summed E-state index contributed by atoms with van der Waals surface area (Å²) in [5.74, 6) is 0.754. The van der Waals surface area contributed by atoms with Crippen molar-refractivity contribution in [3.05, 3.63) is 0 Å².